The van der Waals surface area contributed by atoms with Crippen LogP contribution in [0.2, 0.25) is 0 Å². The van der Waals surface area contributed by atoms with Crippen LogP contribution in [0.3, 0.4) is 0 Å². The van der Waals surface area contributed by atoms with E-state index in [9.17, 15) is 4.79 Å². The number of benzene rings is 1. The highest BCUT2D eigenvalue weighted by atomic mass is 16.5. The summed E-state index contributed by atoms with van der Waals surface area (Å²) in [5.74, 6) is 1.19. The van der Waals surface area contributed by atoms with Gasteiger partial charge in [0.2, 0.25) is 5.91 Å². The summed E-state index contributed by atoms with van der Waals surface area (Å²) in [6.45, 7) is 1.86. The largest absolute Gasteiger partial charge is 0.497 e. The van der Waals surface area contributed by atoms with Crippen molar-refractivity contribution in [2.45, 2.75) is 12.8 Å². The molecule has 80 valence electrons. The fourth-order valence-corrected chi connectivity index (χ4v) is 1.74. The second-order valence-corrected chi connectivity index (χ2v) is 3.50. The minimum absolute atomic E-state index is 0.00319. The molecule has 0 fully saturated rings. The van der Waals surface area contributed by atoms with Gasteiger partial charge in [0.25, 0.3) is 0 Å². The predicted octanol–water partition coefficient (Wildman–Crippen LogP) is 1.76. The lowest BCUT2D eigenvalue weighted by Gasteiger charge is -2.09. The lowest BCUT2D eigenvalue weighted by Crippen LogP contribution is -2.08. The Morgan fingerprint density at radius 2 is 2.00 bits per heavy atom. The van der Waals surface area contributed by atoms with Crippen LogP contribution in [0.1, 0.15) is 18.4 Å². The first kappa shape index (κ1) is 9.83. The molecular weight excluding hydrogens is 194 g/mol. The smallest absolute Gasteiger partial charge is 0.231 e. The predicted molar refractivity (Wildman–Crippen MR) is 56.6 cm³/mol. The van der Waals surface area contributed by atoms with Crippen molar-refractivity contribution in [3.63, 3.8) is 0 Å². The average Bonchev–Trinajstić information content (AvgIpc) is 2.54. The Labute approximate surface area is 88.2 Å². The first-order valence-corrected chi connectivity index (χ1v) is 4.74. The summed E-state index contributed by atoms with van der Waals surface area (Å²) in [6, 6.07) is 3.62. The molecule has 2 rings (SSSR count). The first-order chi connectivity index (χ1) is 7.17. The third-order valence-electron chi connectivity index (χ3n) is 2.67. The number of methoxy groups -OCH3 is 2. The number of carbonyl (C=O) groups excluding carboxylic acids is 1. The summed E-state index contributed by atoms with van der Waals surface area (Å²) in [5.41, 5.74) is 1.69. The van der Waals surface area contributed by atoms with Gasteiger partial charge in [-0.15, -0.1) is 0 Å². The Kier molecular flexibility index (Phi) is 2.26. The van der Waals surface area contributed by atoms with E-state index in [4.69, 9.17) is 9.47 Å². The highest BCUT2D eigenvalue weighted by Gasteiger charge is 2.29. The van der Waals surface area contributed by atoms with E-state index >= 15 is 0 Å². The molecule has 1 heterocycles. The first-order valence-electron chi connectivity index (χ1n) is 4.74. The van der Waals surface area contributed by atoms with Gasteiger partial charge < -0.3 is 14.8 Å². The van der Waals surface area contributed by atoms with Gasteiger partial charge >= 0.3 is 0 Å². The van der Waals surface area contributed by atoms with E-state index in [0.717, 1.165) is 11.3 Å². The fraction of sp³-hybridized carbons (Fsp3) is 0.364. The Morgan fingerprint density at radius 3 is 2.60 bits per heavy atom. The van der Waals surface area contributed by atoms with Gasteiger partial charge in [-0.3, -0.25) is 4.79 Å². The Bertz CT molecular complexity index is 415. The number of carbonyl (C=O) groups is 1. The van der Waals surface area contributed by atoms with Crippen molar-refractivity contribution in [3.8, 4) is 11.5 Å². The second kappa shape index (κ2) is 3.46. The van der Waals surface area contributed by atoms with Crippen LogP contribution in [0.25, 0.3) is 0 Å². The standard InChI is InChI=1S/C11H13NO3/c1-6-8-4-7(14-2)5-9(15-3)10(8)12-11(6)13/h4-6H,1-3H3,(H,12,13). The highest BCUT2D eigenvalue weighted by molar-refractivity contribution is 6.04. The third-order valence-corrected chi connectivity index (χ3v) is 2.67. The number of rotatable bonds is 2. The monoisotopic (exact) mass is 207 g/mol. The zero-order valence-electron chi connectivity index (χ0n) is 8.96. The maximum Gasteiger partial charge on any atom is 0.231 e. The summed E-state index contributed by atoms with van der Waals surface area (Å²) < 4.78 is 10.3. The highest BCUT2D eigenvalue weighted by Crippen LogP contribution is 2.41. The van der Waals surface area contributed by atoms with Crippen LogP contribution in [0.15, 0.2) is 12.1 Å². The van der Waals surface area contributed by atoms with Crippen LogP contribution in [-0.4, -0.2) is 20.1 Å². The summed E-state index contributed by atoms with van der Waals surface area (Å²) in [7, 11) is 3.17. The van der Waals surface area contributed by atoms with Crippen LogP contribution < -0.4 is 14.8 Å². The van der Waals surface area contributed by atoms with Gasteiger partial charge in [0, 0.05) is 6.07 Å². The molecule has 0 spiro atoms. The molecule has 4 heteroatoms. The number of anilines is 1. The van der Waals surface area contributed by atoms with Crippen molar-refractivity contribution >= 4 is 11.6 Å². The van der Waals surface area contributed by atoms with E-state index in [2.05, 4.69) is 5.32 Å². The molecule has 0 aliphatic carbocycles. The summed E-state index contributed by atoms with van der Waals surface area (Å²) in [4.78, 5) is 11.5. The van der Waals surface area contributed by atoms with E-state index in [-0.39, 0.29) is 11.8 Å². The van der Waals surface area contributed by atoms with Crippen molar-refractivity contribution < 1.29 is 14.3 Å². The minimum Gasteiger partial charge on any atom is -0.497 e. The molecule has 1 aliphatic heterocycles. The number of nitrogens with one attached hydrogen (secondary N) is 1. The molecule has 1 aromatic rings. The Balaban J connectivity index is 2.57. The normalized spacial score (nSPS) is 18.3. The molecule has 1 aliphatic rings. The lowest BCUT2D eigenvalue weighted by atomic mass is 10.0. The topological polar surface area (TPSA) is 47.6 Å². The van der Waals surface area contributed by atoms with Gasteiger partial charge in [0.05, 0.1) is 25.8 Å². The van der Waals surface area contributed by atoms with Gasteiger partial charge in [-0.1, -0.05) is 0 Å². The second-order valence-electron chi connectivity index (χ2n) is 3.50. The summed E-state index contributed by atoms with van der Waals surface area (Å²) >= 11 is 0. The van der Waals surface area contributed by atoms with Crippen molar-refractivity contribution in [2.75, 3.05) is 19.5 Å². The zero-order chi connectivity index (χ0) is 11.0. The quantitative estimate of drug-likeness (QED) is 0.803. The van der Waals surface area contributed by atoms with Crippen LogP contribution in [0.4, 0.5) is 5.69 Å². The third kappa shape index (κ3) is 1.42. The Morgan fingerprint density at radius 1 is 1.27 bits per heavy atom. The molecule has 1 atom stereocenters. The number of ether oxygens (including phenoxy) is 2. The van der Waals surface area contributed by atoms with Gasteiger partial charge in [-0.2, -0.15) is 0 Å². The maximum atomic E-state index is 11.5. The van der Waals surface area contributed by atoms with Gasteiger partial charge in [0.15, 0.2) is 0 Å². The van der Waals surface area contributed by atoms with Gasteiger partial charge in [-0.25, -0.2) is 0 Å². The van der Waals surface area contributed by atoms with Crippen molar-refractivity contribution in [1.29, 1.82) is 0 Å². The molecule has 0 saturated carbocycles. The molecule has 1 aromatic carbocycles. The molecule has 0 saturated heterocycles. The van der Waals surface area contributed by atoms with E-state index in [1.165, 1.54) is 0 Å². The van der Waals surface area contributed by atoms with E-state index in [1.54, 1.807) is 20.3 Å². The van der Waals surface area contributed by atoms with Crippen molar-refractivity contribution in [2.24, 2.45) is 0 Å². The van der Waals surface area contributed by atoms with Crippen molar-refractivity contribution in [3.05, 3.63) is 17.7 Å². The van der Waals surface area contributed by atoms with Crippen LogP contribution in [-0.2, 0) is 4.79 Å². The van der Waals surface area contributed by atoms with E-state index < -0.39 is 0 Å². The van der Waals surface area contributed by atoms with Gasteiger partial charge in [-0.05, 0) is 18.6 Å². The lowest BCUT2D eigenvalue weighted by molar-refractivity contribution is -0.116. The van der Waals surface area contributed by atoms with Crippen molar-refractivity contribution in [1.82, 2.24) is 0 Å². The fourth-order valence-electron chi connectivity index (χ4n) is 1.74. The SMILES string of the molecule is COc1cc(OC)c2c(c1)C(C)C(=O)N2. The molecular formula is C11H13NO3. The molecule has 4 nitrogen and oxygen atoms in total. The number of hydrogen-bond donors (Lipinski definition) is 1. The number of amides is 1. The average molecular weight is 207 g/mol. The zero-order valence-corrected chi connectivity index (χ0v) is 8.96. The molecule has 0 bridgehead atoms. The molecule has 0 aromatic heterocycles. The van der Waals surface area contributed by atoms with Crippen LogP contribution in [0, 0.1) is 0 Å². The molecule has 1 unspecified atom stereocenters. The molecule has 0 radical (unpaired) electrons. The summed E-state index contributed by atoms with van der Waals surface area (Å²) in [5, 5.41) is 2.80. The number of hydrogen-bond acceptors (Lipinski definition) is 3. The van der Waals surface area contributed by atoms with Crippen LogP contribution >= 0.6 is 0 Å². The number of fused-ring (bicyclic) bond motifs is 1. The molecule has 1 N–H and O–H groups in total. The Hall–Kier alpha value is -1.71. The molecule has 15 heavy (non-hydrogen) atoms. The maximum absolute atomic E-state index is 11.5. The van der Waals surface area contributed by atoms with E-state index in [1.807, 2.05) is 13.0 Å². The minimum atomic E-state index is -0.149. The molecule has 1 amide bonds. The van der Waals surface area contributed by atoms with E-state index in [0.29, 0.717) is 11.5 Å². The van der Waals surface area contributed by atoms with Crippen LogP contribution in [0.5, 0.6) is 11.5 Å². The van der Waals surface area contributed by atoms with Gasteiger partial charge in [0.1, 0.15) is 11.5 Å². The summed E-state index contributed by atoms with van der Waals surface area (Å²) in [6.07, 6.45) is 0.